The predicted octanol–water partition coefficient (Wildman–Crippen LogP) is 0.408. The number of rotatable bonds is 4. The van der Waals surface area contributed by atoms with Gasteiger partial charge in [-0.2, -0.15) is 5.26 Å². The van der Waals surface area contributed by atoms with E-state index < -0.39 is 0 Å². The van der Waals surface area contributed by atoms with Crippen molar-refractivity contribution in [2.24, 2.45) is 0 Å². The van der Waals surface area contributed by atoms with Crippen LogP contribution in [0.1, 0.15) is 23.0 Å². The number of aromatic nitrogens is 1. The number of aliphatic hydroxyl groups is 1. The van der Waals surface area contributed by atoms with Gasteiger partial charge in [-0.3, -0.25) is 4.79 Å². The summed E-state index contributed by atoms with van der Waals surface area (Å²) in [6, 6.07) is 4.95. The molecule has 5 nitrogen and oxygen atoms in total. The number of aliphatic hydroxyl groups excluding tert-OH is 1. The maximum absolute atomic E-state index is 11.9. The number of nitriles is 1. The van der Waals surface area contributed by atoms with Crippen LogP contribution in [0.5, 0.6) is 0 Å². The van der Waals surface area contributed by atoms with Crippen LogP contribution in [0.4, 0.5) is 0 Å². The largest absolute Gasteiger partial charge is 0.395 e. The van der Waals surface area contributed by atoms with Crippen LogP contribution in [0.25, 0.3) is 0 Å². The minimum atomic E-state index is -0.187. The van der Waals surface area contributed by atoms with E-state index in [1.165, 1.54) is 17.2 Å². The van der Waals surface area contributed by atoms with E-state index in [0.717, 1.165) is 0 Å². The minimum Gasteiger partial charge on any atom is -0.395 e. The van der Waals surface area contributed by atoms with Crippen molar-refractivity contribution in [1.82, 2.24) is 9.88 Å². The van der Waals surface area contributed by atoms with Gasteiger partial charge in [-0.05, 0) is 19.1 Å². The molecule has 1 amide bonds. The Morgan fingerprint density at radius 2 is 2.38 bits per heavy atom. The zero-order chi connectivity index (χ0) is 12.0. The van der Waals surface area contributed by atoms with Gasteiger partial charge < -0.3 is 10.0 Å². The van der Waals surface area contributed by atoms with Crippen molar-refractivity contribution in [2.45, 2.75) is 6.92 Å². The predicted molar refractivity (Wildman–Crippen MR) is 57.6 cm³/mol. The quantitative estimate of drug-likeness (QED) is 0.795. The summed E-state index contributed by atoms with van der Waals surface area (Å²) in [4.78, 5) is 17.2. The van der Waals surface area contributed by atoms with Crippen LogP contribution >= 0.6 is 0 Å². The Bertz CT molecular complexity index is 395. The van der Waals surface area contributed by atoms with Crippen molar-refractivity contribution in [2.75, 3.05) is 19.7 Å². The van der Waals surface area contributed by atoms with Gasteiger partial charge in [0.05, 0.1) is 12.2 Å². The van der Waals surface area contributed by atoms with Crippen molar-refractivity contribution in [3.05, 3.63) is 29.6 Å². The third-order valence-electron chi connectivity index (χ3n) is 2.16. The first-order valence-corrected chi connectivity index (χ1v) is 4.99. The standard InChI is InChI=1S/C11H13N3O2/c1-2-14(5-6-15)11(16)9-3-4-10(7-12)13-8-9/h3-4,8,15H,2,5-6H2,1H3. The van der Waals surface area contributed by atoms with Crippen LogP contribution in [0, 0.1) is 11.3 Å². The van der Waals surface area contributed by atoms with E-state index in [-0.39, 0.29) is 18.2 Å². The van der Waals surface area contributed by atoms with E-state index in [9.17, 15) is 4.79 Å². The number of hydrogen-bond acceptors (Lipinski definition) is 4. The molecule has 1 N–H and O–H groups in total. The molecule has 0 aliphatic rings. The number of nitrogens with zero attached hydrogens (tertiary/aromatic N) is 3. The van der Waals surface area contributed by atoms with Gasteiger partial charge in [0.15, 0.2) is 0 Å². The van der Waals surface area contributed by atoms with Gasteiger partial charge in [-0.25, -0.2) is 4.98 Å². The van der Waals surface area contributed by atoms with E-state index >= 15 is 0 Å². The van der Waals surface area contributed by atoms with Gasteiger partial charge in [0.2, 0.25) is 0 Å². The van der Waals surface area contributed by atoms with Crippen molar-refractivity contribution >= 4 is 5.91 Å². The van der Waals surface area contributed by atoms with Gasteiger partial charge in [0.1, 0.15) is 11.8 Å². The molecule has 1 aromatic heterocycles. The maximum Gasteiger partial charge on any atom is 0.255 e. The summed E-state index contributed by atoms with van der Waals surface area (Å²) >= 11 is 0. The molecule has 0 aromatic carbocycles. The second-order valence-electron chi connectivity index (χ2n) is 3.15. The van der Waals surface area contributed by atoms with Crippen LogP contribution in [-0.2, 0) is 0 Å². The summed E-state index contributed by atoms with van der Waals surface area (Å²) in [7, 11) is 0. The first-order chi connectivity index (χ1) is 7.72. The van der Waals surface area contributed by atoms with Crippen LogP contribution in [0.15, 0.2) is 18.3 Å². The van der Waals surface area contributed by atoms with Crippen LogP contribution < -0.4 is 0 Å². The number of pyridine rings is 1. The lowest BCUT2D eigenvalue weighted by atomic mass is 10.2. The van der Waals surface area contributed by atoms with Crippen LogP contribution in [-0.4, -0.2) is 40.6 Å². The highest BCUT2D eigenvalue weighted by atomic mass is 16.3. The number of carbonyl (C=O) groups excluding carboxylic acids is 1. The Morgan fingerprint density at radius 3 is 2.81 bits per heavy atom. The molecule has 16 heavy (non-hydrogen) atoms. The summed E-state index contributed by atoms with van der Waals surface area (Å²) in [6.07, 6.45) is 1.38. The summed E-state index contributed by atoms with van der Waals surface area (Å²) < 4.78 is 0. The van der Waals surface area contributed by atoms with Crippen molar-refractivity contribution in [3.63, 3.8) is 0 Å². The summed E-state index contributed by atoms with van der Waals surface area (Å²) in [5.41, 5.74) is 0.705. The lowest BCUT2D eigenvalue weighted by Crippen LogP contribution is -2.33. The molecule has 0 bridgehead atoms. The van der Waals surface area contributed by atoms with E-state index in [1.807, 2.05) is 13.0 Å². The third kappa shape index (κ3) is 2.78. The van der Waals surface area contributed by atoms with E-state index in [2.05, 4.69) is 4.98 Å². The molecule has 1 aromatic rings. The van der Waals surface area contributed by atoms with Crippen molar-refractivity contribution in [3.8, 4) is 6.07 Å². The Labute approximate surface area is 93.9 Å². The van der Waals surface area contributed by atoms with Crippen molar-refractivity contribution < 1.29 is 9.90 Å². The molecule has 1 heterocycles. The second-order valence-corrected chi connectivity index (χ2v) is 3.15. The molecule has 0 unspecified atom stereocenters. The van der Waals surface area contributed by atoms with E-state index in [0.29, 0.717) is 18.7 Å². The first-order valence-electron chi connectivity index (χ1n) is 4.99. The highest BCUT2D eigenvalue weighted by Gasteiger charge is 2.13. The first kappa shape index (κ1) is 12.1. The molecule has 0 aliphatic carbocycles. The van der Waals surface area contributed by atoms with Gasteiger partial charge in [-0.15, -0.1) is 0 Å². The number of amides is 1. The fourth-order valence-electron chi connectivity index (χ4n) is 1.29. The van der Waals surface area contributed by atoms with E-state index in [1.54, 1.807) is 6.07 Å². The van der Waals surface area contributed by atoms with Gasteiger partial charge in [0.25, 0.3) is 5.91 Å². The molecule has 0 aliphatic heterocycles. The molecule has 0 saturated carbocycles. The monoisotopic (exact) mass is 219 g/mol. The van der Waals surface area contributed by atoms with Gasteiger partial charge >= 0.3 is 0 Å². The van der Waals surface area contributed by atoms with Gasteiger partial charge in [-0.1, -0.05) is 0 Å². The molecule has 1 rings (SSSR count). The SMILES string of the molecule is CCN(CCO)C(=O)c1ccc(C#N)nc1. The molecule has 84 valence electrons. The molecular weight excluding hydrogens is 206 g/mol. The molecule has 0 atom stereocenters. The fourth-order valence-corrected chi connectivity index (χ4v) is 1.29. The van der Waals surface area contributed by atoms with Crippen LogP contribution in [0.3, 0.4) is 0 Å². The highest BCUT2D eigenvalue weighted by molar-refractivity contribution is 5.93. The molecular formula is C11H13N3O2. The zero-order valence-corrected chi connectivity index (χ0v) is 9.05. The third-order valence-corrected chi connectivity index (χ3v) is 2.16. The number of likely N-dealkylation sites (N-methyl/N-ethyl adjacent to an activating group) is 1. The van der Waals surface area contributed by atoms with Crippen LogP contribution in [0.2, 0.25) is 0 Å². The topological polar surface area (TPSA) is 77.2 Å². The normalized spacial score (nSPS) is 9.56. The maximum atomic E-state index is 11.9. The second kappa shape index (κ2) is 5.83. The zero-order valence-electron chi connectivity index (χ0n) is 9.05. The lowest BCUT2D eigenvalue weighted by molar-refractivity contribution is 0.0731. The Hall–Kier alpha value is -1.93. The number of carbonyl (C=O) groups is 1. The summed E-state index contributed by atoms with van der Waals surface area (Å²) in [5, 5.41) is 17.4. The Balaban J connectivity index is 2.83. The highest BCUT2D eigenvalue weighted by Crippen LogP contribution is 2.04. The summed E-state index contributed by atoms with van der Waals surface area (Å²) in [5.74, 6) is -0.187. The molecule has 0 fully saturated rings. The summed E-state index contributed by atoms with van der Waals surface area (Å²) in [6.45, 7) is 2.60. The Kier molecular flexibility index (Phi) is 4.42. The molecule has 0 spiro atoms. The van der Waals surface area contributed by atoms with E-state index in [4.69, 9.17) is 10.4 Å². The average molecular weight is 219 g/mol. The number of hydrogen-bond donors (Lipinski definition) is 1. The molecule has 5 heteroatoms. The smallest absolute Gasteiger partial charge is 0.255 e. The molecule has 0 radical (unpaired) electrons. The molecule has 0 saturated heterocycles. The average Bonchev–Trinajstić information content (AvgIpc) is 2.35. The fraction of sp³-hybridized carbons (Fsp3) is 0.364. The van der Waals surface area contributed by atoms with Crippen molar-refractivity contribution in [1.29, 1.82) is 5.26 Å². The Morgan fingerprint density at radius 1 is 1.62 bits per heavy atom. The van der Waals surface area contributed by atoms with Gasteiger partial charge in [0, 0.05) is 19.3 Å². The lowest BCUT2D eigenvalue weighted by Gasteiger charge is -2.19. The minimum absolute atomic E-state index is 0.0662.